The van der Waals surface area contributed by atoms with E-state index >= 15 is 0 Å². The molecule has 0 aromatic heterocycles. The quantitative estimate of drug-likeness (QED) is 0.245. The molecule has 0 aromatic rings. The minimum atomic E-state index is -0.474. The number of carbonyl (C=O) groups excluding carboxylic acids is 2. The van der Waals surface area contributed by atoms with Gasteiger partial charge in [0.25, 0.3) is 0 Å². The van der Waals surface area contributed by atoms with E-state index in [1.807, 2.05) is 0 Å². The molecule has 0 amide bonds. The van der Waals surface area contributed by atoms with E-state index in [4.69, 9.17) is 18.9 Å². The fourth-order valence-corrected chi connectivity index (χ4v) is 4.23. The molecule has 8 heteroatoms. The Hall–Kier alpha value is -1.48. The summed E-state index contributed by atoms with van der Waals surface area (Å²) in [6.07, 6.45) is 9.55. The lowest BCUT2D eigenvalue weighted by Crippen LogP contribution is -2.38. The molecule has 0 spiro atoms. The zero-order valence-electron chi connectivity index (χ0n) is 21.4. The molecule has 2 rings (SSSR count). The summed E-state index contributed by atoms with van der Waals surface area (Å²) in [5, 5.41) is 0. The third-order valence-electron chi connectivity index (χ3n) is 6.42. The fraction of sp³-hybridized carbons (Fsp3) is 0.846. The predicted molar refractivity (Wildman–Crippen MR) is 132 cm³/mol. The highest BCUT2D eigenvalue weighted by Crippen LogP contribution is 2.13. The van der Waals surface area contributed by atoms with Crippen LogP contribution in [-0.2, 0) is 28.5 Å². The first-order valence-electron chi connectivity index (χ1n) is 13.3. The van der Waals surface area contributed by atoms with E-state index < -0.39 is 11.9 Å². The Balaban J connectivity index is 1.76. The Bertz CT molecular complexity index is 538. The van der Waals surface area contributed by atoms with E-state index in [1.54, 1.807) is 0 Å². The van der Waals surface area contributed by atoms with Gasteiger partial charge in [-0.15, -0.1) is 0 Å². The largest absolute Gasteiger partial charge is 0.459 e. The second-order valence-electron chi connectivity index (χ2n) is 9.22. The van der Waals surface area contributed by atoms with Crippen LogP contribution in [-0.4, -0.2) is 99.6 Å². The second-order valence-corrected chi connectivity index (χ2v) is 9.22. The van der Waals surface area contributed by atoms with Crippen molar-refractivity contribution in [3.05, 3.63) is 12.2 Å². The molecule has 2 aliphatic rings. The van der Waals surface area contributed by atoms with Crippen molar-refractivity contribution in [3.8, 4) is 0 Å². The average Bonchev–Trinajstić information content (AvgIpc) is 2.87. The van der Waals surface area contributed by atoms with E-state index in [-0.39, 0.29) is 12.2 Å². The van der Waals surface area contributed by atoms with Crippen molar-refractivity contribution in [1.29, 1.82) is 0 Å². The lowest BCUT2D eigenvalue weighted by atomic mass is 10.1. The van der Waals surface area contributed by atoms with Gasteiger partial charge >= 0.3 is 11.9 Å². The van der Waals surface area contributed by atoms with Crippen LogP contribution >= 0.6 is 0 Å². The first-order chi connectivity index (χ1) is 16.6. The van der Waals surface area contributed by atoms with E-state index in [0.717, 1.165) is 117 Å². The van der Waals surface area contributed by atoms with Crippen molar-refractivity contribution >= 4 is 11.9 Å². The van der Waals surface area contributed by atoms with Gasteiger partial charge in [0, 0.05) is 51.4 Å². The maximum absolute atomic E-state index is 12.4. The van der Waals surface area contributed by atoms with Gasteiger partial charge in [-0.2, -0.15) is 0 Å². The molecule has 0 N–H and O–H groups in total. The summed E-state index contributed by atoms with van der Waals surface area (Å²) in [6, 6.07) is 0. The summed E-state index contributed by atoms with van der Waals surface area (Å²) in [4.78, 5) is 29.5. The standard InChI is InChI=1S/C26H46N2O6/c1-3-5-7-23(11-13-27-15-19-31-20-16-27)33-25(29)9-10-26(30)34-24(8-6-4-2)12-14-28-17-21-32-22-18-28/h9-10,23-24H,3-8,11-22H2,1-2H3/b10-9+. The summed E-state index contributed by atoms with van der Waals surface area (Å²) in [7, 11) is 0. The van der Waals surface area contributed by atoms with Gasteiger partial charge < -0.3 is 18.9 Å². The average molecular weight is 483 g/mol. The molecule has 2 atom stereocenters. The Morgan fingerprint density at radius 1 is 0.706 bits per heavy atom. The zero-order chi connectivity index (χ0) is 24.4. The van der Waals surface area contributed by atoms with E-state index in [9.17, 15) is 9.59 Å². The Kier molecular flexibility index (Phi) is 15.1. The zero-order valence-corrected chi connectivity index (χ0v) is 21.4. The molecule has 2 heterocycles. The van der Waals surface area contributed by atoms with Gasteiger partial charge in [-0.3, -0.25) is 9.80 Å². The monoisotopic (exact) mass is 482 g/mol. The predicted octanol–water partition coefficient (Wildman–Crippen LogP) is 3.19. The van der Waals surface area contributed by atoms with E-state index in [0.29, 0.717) is 0 Å². The van der Waals surface area contributed by atoms with Crippen molar-refractivity contribution in [1.82, 2.24) is 9.80 Å². The van der Waals surface area contributed by atoms with Gasteiger partial charge in [0.1, 0.15) is 12.2 Å². The number of ether oxygens (including phenoxy) is 4. The van der Waals surface area contributed by atoms with Gasteiger partial charge in [-0.25, -0.2) is 9.59 Å². The Morgan fingerprint density at radius 3 is 1.44 bits per heavy atom. The Labute approximate surface area is 205 Å². The smallest absolute Gasteiger partial charge is 0.331 e. The van der Waals surface area contributed by atoms with Gasteiger partial charge in [-0.1, -0.05) is 39.5 Å². The topological polar surface area (TPSA) is 77.5 Å². The number of morpholine rings is 2. The molecule has 2 saturated heterocycles. The highest BCUT2D eigenvalue weighted by Gasteiger charge is 2.19. The van der Waals surface area contributed by atoms with Crippen LogP contribution in [0.1, 0.15) is 65.2 Å². The number of carbonyl (C=O) groups is 2. The molecule has 2 aliphatic heterocycles. The van der Waals surface area contributed by atoms with Crippen molar-refractivity contribution < 1.29 is 28.5 Å². The number of hydrogen-bond donors (Lipinski definition) is 0. The van der Waals surface area contributed by atoms with Crippen molar-refractivity contribution in [2.45, 2.75) is 77.4 Å². The van der Waals surface area contributed by atoms with E-state index in [1.165, 1.54) is 12.2 Å². The van der Waals surface area contributed by atoms with Crippen LogP contribution in [0, 0.1) is 0 Å². The number of unbranched alkanes of at least 4 members (excludes halogenated alkanes) is 2. The van der Waals surface area contributed by atoms with Crippen LogP contribution in [0.15, 0.2) is 12.2 Å². The number of rotatable bonds is 16. The molecular weight excluding hydrogens is 436 g/mol. The van der Waals surface area contributed by atoms with Crippen LogP contribution in [0.25, 0.3) is 0 Å². The lowest BCUT2D eigenvalue weighted by Gasteiger charge is -2.28. The first-order valence-corrected chi connectivity index (χ1v) is 13.3. The molecule has 8 nitrogen and oxygen atoms in total. The van der Waals surface area contributed by atoms with Crippen LogP contribution in [0.4, 0.5) is 0 Å². The first kappa shape index (κ1) is 28.8. The van der Waals surface area contributed by atoms with Gasteiger partial charge in [0.2, 0.25) is 0 Å². The molecule has 0 bridgehead atoms. The second kappa shape index (κ2) is 17.9. The molecule has 0 saturated carbocycles. The van der Waals surface area contributed by atoms with Gasteiger partial charge in [-0.05, 0) is 25.7 Å². The maximum Gasteiger partial charge on any atom is 0.331 e. The van der Waals surface area contributed by atoms with Crippen LogP contribution in [0.3, 0.4) is 0 Å². The summed E-state index contributed by atoms with van der Waals surface area (Å²) in [6.45, 7) is 12.8. The highest BCUT2D eigenvalue weighted by molar-refractivity contribution is 5.91. The van der Waals surface area contributed by atoms with Gasteiger partial charge in [0.15, 0.2) is 0 Å². The van der Waals surface area contributed by atoms with Crippen molar-refractivity contribution in [2.75, 3.05) is 65.7 Å². The van der Waals surface area contributed by atoms with Crippen LogP contribution in [0.5, 0.6) is 0 Å². The maximum atomic E-state index is 12.4. The molecule has 2 fully saturated rings. The lowest BCUT2D eigenvalue weighted by molar-refractivity contribution is -0.146. The summed E-state index contributed by atoms with van der Waals surface area (Å²) in [5.74, 6) is -0.947. The minimum absolute atomic E-state index is 0.137. The summed E-state index contributed by atoms with van der Waals surface area (Å²) < 4.78 is 22.2. The van der Waals surface area contributed by atoms with E-state index in [2.05, 4.69) is 23.6 Å². The molecule has 196 valence electrons. The molecule has 2 unspecified atom stereocenters. The number of nitrogens with zero attached hydrogens (tertiary/aromatic N) is 2. The molecular formula is C26H46N2O6. The molecule has 0 radical (unpaired) electrons. The number of hydrogen-bond acceptors (Lipinski definition) is 8. The summed E-state index contributed by atoms with van der Waals surface area (Å²) >= 11 is 0. The SMILES string of the molecule is CCCCC(CCN1CCOCC1)OC(=O)/C=C/C(=O)OC(CCCC)CCN1CCOCC1. The minimum Gasteiger partial charge on any atom is -0.459 e. The molecule has 0 aliphatic carbocycles. The van der Waals surface area contributed by atoms with Crippen LogP contribution < -0.4 is 0 Å². The Morgan fingerprint density at radius 2 is 1.09 bits per heavy atom. The van der Waals surface area contributed by atoms with Crippen molar-refractivity contribution in [2.24, 2.45) is 0 Å². The third-order valence-corrected chi connectivity index (χ3v) is 6.42. The number of esters is 2. The van der Waals surface area contributed by atoms with Crippen molar-refractivity contribution in [3.63, 3.8) is 0 Å². The third kappa shape index (κ3) is 12.8. The van der Waals surface area contributed by atoms with Crippen LogP contribution in [0.2, 0.25) is 0 Å². The fourth-order valence-electron chi connectivity index (χ4n) is 4.23. The highest BCUT2D eigenvalue weighted by atomic mass is 16.5. The normalized spacial score (nSPS) is 19.7. The summed E-state index contributed by atoms with van der Waals surface area (Å²) in [5.41, 5.74) is 0. The molecule has 0 aromatic carbocycles. The van der Waals surface area contributed by atoms with Gasteiger partial charge in [0.05, 0.1) is 26.4 Å². The molecule has 34 heavy (non-hydrogen) atoms.